The maximum atomic E-state index is 4.99. The Balaban J connectivity index is 3.09. The second kappa shape index (κ2) is 6.57. The molecule has 0 aromatic carbocycles. The van der Waals surface area contributed by atoms with Gasteiger partial charge in [-0.1, -0.05) is 6.42 Å². The Hall–Kier alpha value is 0.452. The van der Waals surface area contributed by atoms with E-state index >= 15 is 0 Å². The lowest BCUT2D eigenvalue weighted by atomic mass is 10.3. The van der Waals surface area contributed by atoms with Crippen molar-refractivity contribution in [3.05, 3.63) is 0 Å². The first-order chi connectivity index (χ1) is 4.35. The average molecular weight is 146 g/mol. The number of methoxy groups -OCH3 is 2. The van der Waals surface area contributed by atoms with Crippen LogP contribution in [0.4, 0.5) is 0 Å². The van der Waals surface area contributed by atoms with Gasteiger partial charge in [0.05, 0.1) is 0 Å². The third-order valence-corrected chi connectivity index (χ3v) is 2.03. The van der Waals surface area contributed by atoms with Crippen LogP contribution in [0, 0.1) is 0 Å². The molecule has 54 valence electrons. The molecule has 3 heteroatoms. The highest BCUT2D eigenvalue weighted by atomic mass is 27.0. The molecule has 0 aliphatic rings. The smallest absolute Gasteiger partial charge is 0.211 e. The molecule has 9 heavy (non-hydrogen) atoms. The van der Waals surface area contributed by atoms with Crippen LogP contribution in [0.15, 0.2) is 0 Å². The SMILES string of the molecule is COC(CC[CH2][AlH2])OC. The summed E-state index contributed by atoms with van der Waals surface area (Å²) in [6.07, 6.45) is 2.30. The van der Waals surface area contributed by atoms with Gasteiger partial charge < -0.3 is 9.47 Å². The molecule has 0 spiro atoms. The lowest BCUT2D eigenvalue weighted by Crippen LogP contribution is -2.12. The fourth-order valence-electron chi connectivity index (χ4n) is 0.703. The Morgan fingerprint density at radius 2 is 1.89 bits per heavy atom. The van der Waals surface area contributed by atoms with Crippen molar-refractivity contribution in [2.24, 2.45) is 0 Å². The van der Waals surface area contributed by atoms with E-state index < -0.39 is 0 Å². The van der Waals surface area contributed by atoms with Crippen LogP contribution < -0.4 is 0 Å². The molecule has 0 unspecified atom stereocenters. The predicted octanol–water partition coefficient (Wildman–Crippen LogP) is 0.437. The number of hydrogen-bond acceptors (Lipinski definition) is 2. The van der Waals surface area contributed by atoms with Crippen molar-refractivity contribution < 1.29 is 9.47 Å². The Kier molecular flexibility index (Phi) is 6.90. The molecule has 0 rings (SSSR count). The second-order valence-corrected chi connectivity index (χ2v) is 3.04. The van der Waals surface area contributed by atoms with Gasteiger partial charge in [0, 0.05) is 14.2 Å². The zero-order chi connectivity index (χ0) is 7.11. The third-order valence-electron chi connectivity index (χ3n) is 1.32. The molecule has 0 fully saturated rings. The monoisotopic (exact) mass is 146 g/mol. The van der Waals surface area contributed by atoms with Crippen molar-refractivity contribution >= 4 is 16.3 Å². The highest BCUT2D eigenvalue weighted by Crippen LogP contribution is 2.02. The van der Waals surface area contributed by atoms with Gasteiger partial charge in [-0.25, -0.2) is 0 Å². The molecule has 0 atom stereocenters. The molecule has 0 saturated heterocycles. The van der Waals surface area contributed by atoms with E-state index in [1.54, 1.807) is 14.2 Å². The summed E-state index contributed by atoms with van der Waals surface area (Å²) in [6, 6.07) is 0. The lowest BCUT2D eigenvalue weighted by Gasteiger charge is -2.11. The van der Waals surface area contributed by atoms with Crippen LogP contribution in [-0.2, 0) is 9.47 Å². The standard InChI is InChI=1S/C6H13O2.Al.2H/c1-4-5-6(7-2)8-3;;;/h6H,1,4-5H2,2-3H3;;;. The summed E-state index contributed by atoms with van der Waals surface area (Å²) < 4.78 is 9.99. The van der Waals surface area contributed by atoms with Gasteiger partial charge in [0.25, 0.3) is 0 Å². The summed E-state index contributed by atoms with van der Waals surface area (Å²) in [5.41, 5.74) is 0. The molecule has 2 nitrogen and oxygen atoms in total. The fourth-order valence-corrected chi connectivity index (χ4v) is 1.11. The van der Waals surface area contributed by atoms with E-state index in [9.17, 15) is 0 Å². The normalized spacial score (nSPS) is 10.6. The van der Waals surface area contributed by atoms with E-state index in [4.69, 9.17) is 9.47 Å². The van der Waals surface area contributed by atoms with E-state index in [1.165, 1.54) is 28.0 Å². The van der Waals surface area contributed by atoms with Crippen LogP contribution in [0.2, 0.25) is 5.28 Å². The Bertz CT molecular complexity index is 55.0. The first-order valence-electron chi connectivity index (χ1n) is 3.40. The van der Waals surface area contributed by atoms with Gasteiger partial charge >= 0.3 is 0 Å². The van der Waals surface area contributed by atoms with Crippen LogP contribution in [0.1, 0.15) is 12.8 Å². The third kappa shape index (κ3) is 4.93. The highest BCUT2D eigenvalue weighted by molar-refractivity contribution is 6.08. The Labute approximate surface area is 65.0 Å². The van der Waals surface area contributed by atoms with Crippen molar-refractivity contribution in [1.82, 2.24) is 0 Å². The molecule has 0 radical (unpaired) electrons. The summed E-state index contributed by atoms with van der Waals surface area (Å²) in [6.45, 7) is 0. The minimum atomic E-state index is 0.0268. The van der Waals surface area contributed by atoms with Gasteiger partial charge in [-0.05, 0) is 6.42 Å². The van der Waals surface area contributed by atoms with Gasteiger partial charge in [-0.15, -0.1) is 5.28 Å². The van der Waals surface area contributed by atoms with Crippen LogP contribution in [0.3, 0.4) is 0 Å². The molecule has 0 bridgehead atoms. The van der Waals surface area contributed by atoms with Crippen molar-refractivity contribution in [3.8, 4) is 0 Å². The van der Waals surface area contributed by atoms with E-state index in [0.717, 1.165) is 6.42 Å². The molecule has 0 N–H and O–H groups in total. The number of ether oxygens (including phenoxy) is 2. The molecule has 0 saturated carbocycles. The fraction of sp³-hybridized carbons (Fsp3) is 1.00. The highest BCUT2D eigenvalue weighted by Gasteiger charge is 2.01. The summed E-state index contributed by atoms with van der Waals surface area (Å²) in [5, 5.41) is 1.34. The second-order valence-electron chi connectivity index (χ2n) is 2.04. The number of hydrogen-bond donors (Lipinski definition) is 0. The number of rotatable bonds is 5. The van der Waals surface area contributed by atoms with Crippen LogP contribution in [-0.4, -0.2) is 36.8 Å². The minimum Gasteiger partial charge on any atom is -0.356 e. The summed E-state index contributed by atoms with van der Waals surface area (Å²) in [7, 11) is 3.36. The molecule has 0 amide bonds. The van der Waals surface area contributed by atoms with E-state index in [1.807, 2.05) is 0 Å². The lowest BCUT2D eigenvalue weighted by molar-refractivity contribution is -0.106. The van der Waals surface area contributed by atoms with Crippen molar-refractivity contribution in [3.63, 3.8) is 0 Å². The van der Waals surface area contributed by atoms with Crippen LogP contribution >= 0.6 is 0 Å². The summed E-state index contributed by atoms with van der Waals surface area (Å²) in [4.78, 5) is 0. The first kappa shape index (κ1) is 9.45. The Morgan fingerprint density at radius 3 is 2.22 bits per heavy atom. The molecular weight excluding hydrogens is 131 g/mol. The average Bonchev–Trinajstić information content (AvgIpc) is 1.91. The van der Waals surface area contributed by atoms with Gasteiger partial charge in [0.15, 0.2) is 6.29 Å². The van der Waals surface area contributed by atoms with Crippen LogP contribution in [0.25, 0.3) is 0 Å². The molecule has 0 heterocycles. The van der Waals surface area contributed by atoms with Crippen LogP contribution in [0.5, 0.6) is 0 Å². The predicted molar refractivity (Wildman–Crippen MR) is 40.4 cm³/mol. The van der Waals surface area contributed by atoms with Gasteiger partial charge in [0.2, 0.25) is 16.3 Å². The van der Waals surface area contributed by atoms with E-state index in [0.29, 0.717) is 0 Å². The zero-order valence-electron chi connectivity index (χ0n) is 6.52. The quantitative estimate of drug-likeness (QED) is 0.414. The molecule has 0 aromatic heterocycles. The topological polar surface area (TPSA) is 18.5 Å². The summed E-state index contributed by atoms with van der Waals surface area (Å²) in [5.74, 6) is 0. The minimum absolute atomic E-state index is 0.0268. The van der Waals surface area contributed by atoms with E-state index in [-0.39, 0.29) is 6.29 Å². The van der Waals surface area contributed by atoms with Crippen molar-refractivity contribution in [2.75, 3.05) is 14.2 Å². The van der Waals surface area contributed by atoms with Gasteiger partial charge in [-0.2, -0.15) is 0 Å². The molecule has 0 aliphatic heterocycles. The molecular formula is C6H15AlO2. The van der Waals surface area contributed by atoms with Gasteiger partial charge in [-0.3, -0.25) is 0 Å². The van der Waals surface area contributed by atoms with Gasteiger partial charge in [0.1, 0.15) is 0 Å². The largest absolute Gasteiger partial charge is 0.356 e. The molecule has 0 aromatic rings. The summed E-state index contributed by atoms with van der Waals surface area (Å²) >= 11 is 1.29. The molecule has 0 aliphatic carbocycles. The Morgan fingerprint density at radius 1 is 1.33 bits per heavy atom. The maximum absolute atomic E-state index is 4.99. The maximum Gasteiger partial charge on any atom is 0.211 e. The van der Waals surface area contributed by atoms with Crippen molar-refractivity contribution in [1.29, 1.82) is 0 Å². The van der Waals surface area contributed by atoms with Crippen molar-refractivity contribution in [2.45, 2.75) is 24.4 Å². The van der Waals surface area contributed by atoms with E-state index in [2.05, 4.69) is 0 Å². The first-order valence-corrected chi connectivity index (χ1v) is 4.82. The zero-order valence-corrected chi connectivity index (χ0v) is 8.52.